The lowest BCUT2D eigenvalue weighted by Gasteiger charge is -2.30. The van der Waals surface area contributed by atoms with E-state index in [0.29, 0.717) is 30.1 Å². The third kappa shape index (κ3) is 4.12. The molecule has 1 aliphatic rings. The number of urea groups is 1. The summed E-state index contributed by atoms with van der Waals surface area (Å²) in [5, 5.41) is 12.4. The fourth-order valence-corrected chi connectivity index (χ4v) is 3.15. The van der Waals surface area contributed by atoms with Crippen molar-refractivity contribution in [2.24, 2.45) is 5.92 Å². The molecule has 130 valence electrons. The first kappa shape index (κ1) is 17.3. The van der Waals surface area contributed by atoms with Crippen molar-refractivity contribution in [2.45, 2.75) is 12.8 Å². The molecule has 2 aromatic rings. The number of nitrogens with one attached hydrogen (secondary N) is 1. The second kappa shape index (κ2) is 7.57. The predicted octanol–water partition coefficient (Wildman–Crippen LogP) is 4.34. The molecule has 1 fully saturated rings. The lowest BCUT2D eigenvalue weighted by atomic mass is 9.99. The van der Waals surface area contributed by atoms with Crippen LogP contribution in [0.15, 0.2) is 48.5 Å². The molecule has 6 heteroatoms. The average molecular weight is 359 g/mol. The van der Waals surface area contributed by atoms with Gasteiger partial charge in [0.25, 0.3) is 0 Å². The number of carboxylic acid groups (broad SMARTS) is 1. The van der Waals surface area contributed by atoms with Crippen molar-refractivity contribution < 1.29 is 14.7 Å². The van der Waals surface area contributed by atoms with Gasteiger partial charge in [0, 0.05) is 13.1 Å². The third-order valence-electron chi connectivity index (χ3n) is 4.37. The number of carbonyl (C=O) groups is 2. The van der Waals surface area contributed by atoms with E-state index in [9.17, 15) is 9.59 Å². The quantitative estimate of drug-likeness (QED) is 0.857. The van der Waals surface area contributed by atoms with Crippen LogP contribution in [-0.4, -0.2) is 35.1 Å². The summed E-state index contributed by atoms with van der Waals surface area (Å²) in [5.41, 5.74) is 2.49. The molecule has 1 saturated heterocycles. The summed E-state index contributed by atoms with van der Waals surface area (Å²) in [7, 11) is 0. The molecule has 0 aromatic heterocycles. The van der Waals surface area contributed by atoms with Gasteiger partial charge in [-0.1, -0.05) is 48.0 Å². The van der Waals surface area contributed by atoms with Gasteiger partial charge in [-0.2, -0.15) is 0 Å². The van der Waals surface area contributed by atoms with Crippen molar-refractivity contribution >= 4 is 29.3 Å². The van der Waals surface area contributed by atoms with Gasteiger partial charge < -0.3 is 15.3 Å². The van der Waals surface area contributed by atoms with Crippen LogP contribution in [-0.2, 0) is 4.79 Å². The Kier molecular flexibility index (Phi) is 5.24. The number of nitrogens with zero attached hydrogens (tertiary/aromatic N) is 1. The zero-order valence-corrected chi connectivity index (χ0v) is 14.4. The van der Waals surface area contributed by atoms with E-state index < -0.39 is 11.9 Å². The maximum absolute atomic E-state index is 12.5. The van der Waals surface area contributed by atoms with Crippen LogP contribution in [0.5, 0.6) is 0 Å². The number of carbonyl (C=O) groups excluding carboxylic acids is 1. The van der Waals surface area contributed by atoms with Crippen LogP contribution < -0.4 is 5.32 Å². The number of halogens is 1. The smallest absolute Gasteiger partial charge is 0.321 e. The highest BCUT2D eigenvalue weighted by atomic mass is 35.5. The highest BCUT2D eigenvalue weighted by molar-refractivity contribution is 6.33. The normalized spacial score (nSPS) is 17.2. The fourth-order valence-electron chi connectivity index (χ4n) is 2.99. The minimum absolute atomic E-state index is 0.219. The Morgan fingerprint density at radius 2 is 1.88 bits per heavy atom. The van der Waals surface area contributed by atoms with E-state index in [4.69, 9.17) is 16.7 Å². The summed E-state index contributed by atoms with van der Waals surface area (Å²) in [6.07, 6.45) is 1.28. The Morgan fingerprint density at radius 3 is 2.60 bits per heavy atom. The van der Waals surface area contributed by atoms with Gasteiger partial charge in [0.2, 0.25) is 0 Å². The molecule has 0 saturated carbocycles. The molecule has 1 aliphatic heterocycles. The Bertz CT molecular complexity index is 779. The summed E-state index contributed by atoms with van der Waals surface area (Å²) >= 11 is 6.22. The number of piperidine rings is 1. The Morgan fingerprint density at radius 1 is 1.12 bits per heavy atom. The Labute approximate surface area is 151 Å². The Hall–Kier alpha value is -2.53. The van der Waals surface area contributed by atoms with Crippen molar-refractivity contribution in [1.29, 1.82) is 0 Å². The van der Waals surface area contributed by atoms with Crippen molar-refractivity contribution in [1.82, 2.24) is 4.90 Å². The van der Waals surface area contributed by atoms with E-state index in [0.717, 1.165) is 11.1 Å². The van der Waals surface area contributed by atoms with Gasteiger partial charge >= 0.3 is 12.0 Å². The number of amides is 2. The summed E-state index contributed by atoms with van der Waals surface area (Å²) in [6, 6.07) is 15.0. The van der Waals surface area contributed by atoms with Crippen molar-refractivity contribution in [2.75, 3.05) is 18.4 Å². The summed E-state index contributed by atoms with van der Waals surface area (Å²) in [6.45, 7) is 0.767. The van der Waals surface area contributed by atoms with Gasteiger partial charge in [-0.15, -0.1) is 0 Å². The van der Waals surface area contributed by atoms with Crippen LogP contribution in [0.25, 0.3) is 11.1 Å². The molecule has 2 N–H and O–H groups in total. The first-order valence-corrected chi connectivity index (χ1v) is 8.56. The van der Waals surface area contributed by atoms with Crippen molar-refractivity contribution in [3.63, 3.8) is 0 Å². The molecule has 5 nitrogen and oxygen atoms in total. The van der Waals surface area contributed by atoms with Crippen LogP contribution in [0.4, 0.5) is 10.5 Å². The van der Waals surface area contributed by atoms with Gasteiger partial charge in [0.1, 0.15) is 0 Å². The molecular formula is C19H19ClN2O3. The molecule has 2 aromatic carbocycles. The molecule has 25 heavy (non-hydrogen) atoms. The number of rotatable bonds is 3. The fraction of sp³-hybridized carbons (Fsp3) is 0.263. The topological polar surface area (TPSA) is 69.6 Å². The van der Waals surface area contributed by atoms with E-state index in [1.807, 2.05) is 42.5 Å². The molecule has 2 amide bonds. The minimum Gasteiger partial charge on any atom is -0.481 e. The maximum Gasteiger partial charge on any atom is 0.321 e. The average Bonchev–Trinajstić information content (AvgIpc) is 2.64. The van der Waals surface area contributed by atoms with Crippen molar-refractivity contribution in [3.8, 4) is 11.1 Å². The van der Waals surface area contributed by atoms with E-state index in [2.05, 4.69) is 5.32 Å². The molecular weight excluding hydrogens is 340 g/mol. The van der Waals surface area contributed by atoms with Gasteiger partial charge in [0.05, 0.1) is 16.6 Å². The number of anilines is 1. The number of hydrogen-bond donors (Lipinski definition) is 2. The summed E-state index contributed by atoms with van der Waals surface area (Å²) in [5.74, 6) is -1.37. The number of hydrogen-bond acceptors (Lipinski definition) is 2. The minimum atomic E-state index is -0.860. The molecule has 1 heterocycles. The van der Waals surface area contributed by atoms with Crippen LogP contribution in [0, 0.1) is 5.92 Å². The van der Waals surface area contributed by atoms with Gasteiger partial charge in [-0.25, -0.2) is 4.79 Å². The standard InChI is InChI=1S/C19H19ClN2O3/c20-16-9-8-14(13-5-2-1-3-6-13)11-17(16)21-19(25)22-10-4-7-15(12-22)18(23)24/h1-3,5-6,8-9,11,15H,4,7,10,12H2,(H,21,25)(H,23,24). The van der Waals surface area contributed by atoms with E-state index in [1.165, 1.54) is 4.90 Å². The summed E-state index contributed by atoms with van der Waals surface area (Å²) in [4.78, 5) is 25.2. The zero-order chi connectivity index (χ0) is 17.8. The van der Waals surface area contributed by atoms with Crippen molar-refractivity contribution in [3.05, 3.63) is 53.6 Å². The van der Waals surface area contributed by atoms with Gasteiger partial charge in [-0.05, 0) is 36.1 Å². The van der Waals surface area contributed by atoms with Crippen LogP contribution in [0.2, 0.25) is 5.02 Å². The van der Waals surface area contributed by atoms with Gasteiger partial charge in [-0.3, -0.25) is 4.79 Å². The van der Waals surface area contributed by atoms with Gasteiger partial charge in [0.15, 0.2) is 0 Å². The lowest BCUT2D eigenvalue weighted by molar-refractivity contribution is -0.143. The number of likely N-dealkylation sites (tertiary alicyclic amines) is 1. The second-order valence-electron chi connectivity index (χ2n) is 6.11. The van der Waals surface area contributed by atoms with E-state index in [1.54, 1.807) is 6.07 Å². The number of benzene rings is 2. The zero-order valence-electron chi connectivity index (χ0n) is 13.6. The molecule has 1 unspecified atom stereocenters. The van der Waals surface area contributed by atoms with E-state index >= 15 is 0 Å². The lowest BCUT2D eigenvalue weighted by Crippen LogP contribution is -2.44. The SMILES string of the molecule is O=C(O)C1CCCN(C(=O)Nc2cc(-c3ccccc3)ccc2Cl)C1. The first-order valence-electron chi connectivity index (χ1n) is 8.18. The number of carboxylic acids is 1. The van der Waals surface area contributed by atoms with Crippen LogP contribution >= 0.6 is 11.6 Å². The summed E-state index contributed by atoms with van der Waals surface area (Å²) < 4.78 is 0. The monoisotopic (exact) mass is 358 g/mol. The Balaban J connectivity index is 1.76. The molecule has 0 bridgehead atoms. The third-order valence-corrected chi connectivity index (χ3v) is 4.70. The van der Waals surface area contributed by atoms with Crippen LogP contribution in [0.1, 0.15) is 12.8 Å². The molecule has 3 rings (SSSR count). The first-order chi connectivity index (χ1) is 12.0. The molecule has 1 atom stereocenters. The largest absolute Gasteiger partial charge is 0.481 e. The number of aliphatic carboxylic acids is 1. The van der Waals surface area contributed by atoms with E-state index in [-0.39, 0.29) is 12.6 Å². The molecule has 0 aliphatic carbocycles. The maximum atomic E-state index is 12.5. The van der Waals surface area contributed by atoms with Crippen LogP contribution in [0.3, 0.4) is 0 Å². The highest BCUT2D eigenvalue weighted by Crippen LogP contribution is 2.29. The highest BCUT2D eigenvalue weighted by Gasteiger charge is 2.28. The molecule has 0 spiro atoms. The predicted molar refractivity (Wildman–Crippen MR) is 97.8 cm³/mol. The molecule has 0 radical (unpaired) electrons. The second-order valence-corrected chi connectivity index (χ2v) is 6.52.